The van der Waals surface area contributed by atoms with Crippen molar-refractivity contribution in [1.29, 1.82) is 0 Å². The Hall–Kier alpha value is -1.85. The summed E-state index contributed by atoms with van der Waals surface area (Å²) in [4.78, 5) is 25.3. The van der Waals surface area contributed by atoms with Crippen LogP contribution in [0.4, 0.5) is 0 Å². The van der Waals surface area contributed by atoms with E-state index in [0.29, 0.717) is 12.3 Å². The second-order valence-electron chi connectivity index (χ2n) is 5.14. The number of carbonyl (C=O) groups is 2. The second kappa shape index (κ2) is 4.12. The van der Waals surface area contributed by atoms with E-state index >= 15 is 0 Å². The Morgan fingerprint density at radius 3 is 2.61 bits per heavy atom. The fourth-order valence-electron chi connectivity index (χ4n) is 2.13. The van der Waals surface area contributed by atoms with E-state index in [4.69, 9.17) is 4.52 Å². The summed E-state index contributed by atoms with van der Waals surface area (Å²) in [5.41, 5.74) is 0.770. The maximum absolute atomic E-state index is 12.2. The monoisotopic (exact) mass is 251 g/mol. The van der Waals surface area contributed by atoms with Crippen LogP contribution in [-0.2, 0) is 16.1 Å². The van der Waals surface area contributed by atoms with Gasteiger partial charge in [-0.3, -0.25) is 9.59 Å². The molecule has 1 fully saturated rings. The van der Waals surface area contributed by atoms with Crippen LogP contribution in [0, 0.1) is 13.8 Å². The molecule has 0 bridgehead atoms. The molecule has 1 aliphatic rings. The van der Waals surface area contributed by atoms with Gasteiger partial charge in [-0.05, 0) is 27.7 Å². The van der Waals surface area contributed by atoms with Gasteiger partial charge in [-0.2, -0.15) is 0 Å². The standard InChI is InChI=1S/C12H17N3O3/c1-7-9(8(2)18-14-7)5-15-6-10(16)13-12(3,4)11(15)17/h5-6H2,1-4H3,(H,13,16). The fraction of sp³-hybridized carbons (Fsp3) is 0.583. The van der Waals surface area contributed by atoms with Gasteiger partial charge in [0.15, 0.2) is 0 Å². The highest BCUT2D eigenvalue weighted by Gasteiger charge is 2.39. The third kappa shape index (κ3) is 2.10. The number of nitrogens with one attached hydrogen (secondary N) is 1. The first kappa shape index (κ1) is 12.6. The zero-order valence-electron chi connectivity index (χ0n) is 11.0. The predicted octanol–water partition coefficient (Wildman–Crippen LogP) is 0.528. The van der Waals surface area contributed by atoms with Gasteiger partial charge in [0.25, 0.3) is 0 Å². The Morgan fingerprint density at radius 1 is 1.39 bits per heavy atom. The number of carbonyl (C=O) groups excluding carboxylic acids is 2. The van der Waals surface area contributed by atoms with Gasteiger partial charge in [-0.25, -0.2) is 0 Å². The summed E-state index contributed by atoms with van der Waals surface area (Å²) in [6, 6.07) is 0. The Bertz CT molecular complexity index is 485. The van der Waals surface area contributed by atoms with E-state index in [9.17, 15) is 9.59 Å². The lowest BCUT2D eigenvalue weighted by molar-refractivity contribution is -0.148. The van der Waals surface area contributed by atoms with E-state index in [1.54, 1.807) is 20.8 Å². The van der Waals surface area contributed by atoms with Crippen molar-refractivity contribution in [3.05, 3.63) is 17.0 Å². The number of nitrogens with zero attached hydrogens (tertiary/aromatic N) is 2. The molecule has 6 nitrogen and oxygen atoms in total. The maximum atomic E-state index is 12.2. The molecular formula is C12H17N3O3. The van der Waals surface area contributed by atoms with Gasteiger partial charge in [-0.1, -0.05) is 5.16 Å². The van der Waals surface area contributed by atoms with E-state index in [2.05, 4.69) is 10.5 Å². The number of piperazine rings is 1. The maximum Gasteiger partial charge on any atom is 0.248 e. The van der Waals surface area contributed by atoms with Crippen molar-refractivity contribution in [2.24, 2.45) is 0 Å². The molecule has 0 radical (unpaired) electrons. The normalized spacial score (nSPS) is 19.0. The summed E-state index contributed by atoms with van der Waals surface area (Å²) >= 11 is 0. The molecule has 1 aliphatic heterocycles. The first-order valence-corrected chi connectivity index (χ1v) is 5.83. The molecule has 1 aromatic heterocycles. The zero-order chi connectivity index (χ0) is 13.5. The van der Waals surface area contributed by atoms with Crippen molar-refractivity contribution in [1.82, 2.24) is 15.4 Å². The SMILES string of the molecule is Cc1noc(C)c1CN1CC(=O)NC(C)(C)C1=O. The van der Waals surface area contributed by atoms with Crippen LogP contribution in [0.2, 0.25) is 0 Å². The molecule has 1 saturated heterocycles. The largest absolute Gasteiger partial charge is 0.361 e. The van der Waals surface area contributed by atoms with E-state index in [1.807, 2.05) is 6.92 Å². The average Bonchev–Trinajstić information content (AvgIpc) is 2.56. The highest BCUT2D eigenvalue weighted by Crippen LogP contribution is 2.19. The molecular weight excluding hydrogens is 234 g/mol. The van der Waals surface area contributed by atoms with Crippen LogP contribution in [-0.4, -0.2) is 34.0 Å². The van der Waals surface area contributed by atoms with Crippen molar-refractivity contribution < 1.29 is 14.1 Å². The van der Waals surface area contributed by atoms with Crippen LogP contribution in [0.25, 0.3) is 0 Å². The number of hydrogen-bond donors (Lipinski definition) is 1. The minimum absolute atomic E-state index is 0.0757. The Kier molecular flexibility index (Phi) is 2.88. The van der Waals surface area contributed by atoms with Crippen LogP contribution in [0.15, 0.2) is 4.52 Å². The predicted molar refractivity (Wildman–Crippen MR) is 63.6 cm³/mol. The highest BCUT2D eigenvalue weighted by molar-refractivity contribution is 5.97. The lowest BCUT2D eigenvalue weighted by Gasteiger charge is -2.37. The Labute approximate surface area is 105 Å². The van der Waals surface area contributed by atoms with E-state index in [-0.39, 0.29) is 18.4 Å². The third-order valence-electron chi connectivity index (χ3n) is 3.14. The minimum atomic E-state index is -0.853. The zero-order valence-corrected chi connectivity index (χ0v) is 11.0. The van der Waals surface area contributed by atoms with Crippen molar-refractivity contribution in [2.45, 2.75) is 39.8 Å². The van der Waals surface area contributed by atoms with Gasteiger partial charge in [0.1, 0.15) is 11.3 Å². The molecule has 98 valence electrons. The number of rotatable bonds is 2. The molecule has 2 amide bonds. The number of aryl methyl sites for hydroxylation is 2. The quantitative estimate of drug-likeness (QED) is 0.831. The van der Waals surface area contributed by atoms with Crippen LogP contribution in [0.5, 0.6) is 0 Å². The summed E-state index contributed by atoms with van der Waals surface area (Å²) in [5.74, 6) is 0.442. The van der Waals surface area contributed by atoms with Crippen LogP contribution in [0.3, 0.4) is 0 Å². The minimum Gasteiger partial charge on any atom is -0.361 e. The molecule has 2 rings (SSSR count). The van der Waals surface area contributed by atoms with Crippen molar-refractivity contribution in [2.75, 3.05) is 6.54 Å². The first-order chi connectivity index (χ1) is 8.31. The molecule has 0 aliphatic carbocycles. The lowest BCUT2D eigenvalue weighted by atomic mass is 10.00. The molecule has 1 N–H and O–H groups in total. The summed E-state index contributed by atoms with van der Waals surface area (Å²) in [6.07, 6.45) is 0. The van der Waals surface area contributed by atoms with Crippen LogP contribution in [0.1, 0.15) is 30.9 Å². The van der Waals surface area contributed by atoms with E-state index < -0.39 is 5.54 Å². The third-order valence-corrected chi connectivity index (χ3v) is 3.14. The van der Waals surface area contributed by atoms with Crippen molar-refractivity contribution in [3.63, 3.8) is 0 Å². The Balaban J connectivity index is 2.23. The topological polar surface area (TPSA) is 75.4 Å². The molecule has 0 atom stereocenters. The molecule has 0 unspecified atom stereocenters. The van der Waals surface area contributed by atoms with Gasteiger partial charge < -0.3 is 14.7 Å². The lowest BCUT2D eigenvalue weighted by Crippen LogP contribution is -2.63. The summed E-state index contributed by atoms with van der Waals surface area (Å²) in [5, 5.41) is 6.52. The molecule has 1 aromatic rings. The van der Waals surface area contributed by atoms with Gasteiger partial charge >= 0.3 is 0 Å². The molecule has 0 saturated carbocycles. The number of aromatic nitrogens is 1. The fourth-order valence-corrected chi connectivity index (χ4v) is 2.13. The van der Waals surface area contributed by atoms with Crippen molar-refractivity contribution >= 4 is 11.8 Å². The second-order valence-corrected chi connectivity index (χ2v) is 5.14. The summed E-state index contributed by atoms with van der Waals surface area (Å²) in [6.45, 7) is 7.46. The number of amides is 2. The van der Waals surface area contributed by atoms with Crippen LogP contribution >= 0.6 is 0 Å². The van der Waals surface area contributed by atoms with Gasteiger partial charge in [0, 0.05) is 5.56 Å². The molecule has 0 aromatic carbocycles. The molecule has 6 heteroatoms. The average molecular weight is 251 g/mol. The summed E-state index contributed by atoms with van der Waals surface area (Å²) in [7, 11) is 0. The molecule has 18 heavy (non-hydrogen) atoms. The van der Waals surface area contributed by atoms with E-state index in [1.165, 1.54) is 4.90 Å². The van der Waals surface area contributed by atoms with Crippen LogP contribution < -0.4 is 5.32 Å². The van der Waals surface area contributed by atoms with Gasteiger partial charge in [0.2, 0.25) is 11.8 Å². The van der Waals surface area contributed by atoms with Crippen molar-refractivity contribution in [3.8, 4) is 0 Å². The first-order valence-electron chi connectivity index (χ1n) is 5.83. The van der Waals surface area contributed by atoms with Gasteiger partial charge in [-0.15, -0.1) is 0 Å². The molecule has 2 heterocycles. The van der Waals surface area contributed by atoms with E-state index in [0.717, 1.165) is 11.3 Å². The highest BCUT2D eigenvalue weighted by atomic mass is 16.5. The Morgan fingerprint density at radius 2 is 2.06 bits per heavy atom. The van der Waals surface area contributed by atoms with Gasteiger partial charge in [0.05, 0.1) is 18.8 Å². The number of hydrogen-bond acceptors (Lipinski definition) is 4. The molecule has 0 spiro atoms. The smallest absolute Gasteiger partial charge is 0.248 e. The summed E-state index contributed by atoms with van der Waals surface area (Å²) < 4.78 is 5.06.